The van der Waals surface area contributed by atoms with Gasteiger partial charge >= 0.3 is 5.97 Å². The third-order valence-electron chi connectivity index (χ3n) is 3.89. The number of aromatic amines is 1. The Hall–Kier alpha value is -2.50. The Kier molecular flexibility index (Phi) is 3.29. The third-order valence-corrected chi connectivity index (χ3v) is 3.89. The van der Waals surface area contributed by atoms with Crippen LogP contribution in [-0.2, 0) is 9.53 Å². The largest absolute Gasteiger partial charge is 0.469 e. The molecule has 1 aliphatic rings. The SMILES string of the molecule is COC(=O)C1CCN(C(=O)c2cc3cc(N)ccc3[nH]2)C1. The molecule has 21 heavy (non-hydrogen) atoms. The number of carbonyl (C=O) groups is 2. The van der Waals surface area contributed by atoms with Gasteiger partial charge in [-0.15, -0.1) is 0 Å². The summed E-state index contributed by atoms with van der Waals surface area (Å²) in [6, 6.07) is 7.25. The van der Waals surface area contributed by atoms with Crippen molar-refractivity contribution in [2.45, 2.75) is 6.42 Å². The highest BCUT2D eigenvalue weighted by atomic mass is 16.5. The van der Waals surface area contributed by atoms with Gasteiger partial charge in [-0.25, -0.2) is 0 Å². The predicted octanol–water partition coefficient (Wildman–Crippen LogP) is 1.39. The molecule has 0 spiro atoms. The molecule has 1 unspecified atom stereocenters. The molecule has 0 saturated carbocycles. The zero-order chi connectivity index (χ0) is 15.0. The van der Waals surface area contributed by atoms with E-state index in [2.05, 4.69) is 4.98 Å². The van der Waals surface area contributed by atoms with E-state index in [4.69, 9.17) is 10.5 Å². The Morgan fingerprint density at radius 1 is 1.38 bits per heavy atom. The number of fused-ring (bicyclic) bond motifs is 1. The normalized spacial score (nSPS) is 18.1. The Bertz CT molecular complexity index is 707. The topological polar surface area (TPSA) is 88.4 Å². The maximum absolute atomic E-state index is 12.5. The lowest BCUT2D eigenvalue weighted by Gasteiger charge is -2.14. The third kappa shape index (κ3) is 2.44. The van der Waals surface area contributed by atoms with Gasteiger partial charge in [0.15, 0.2) is 0 Å². The summed E-state index contributed by atoms with van der Waals surface area (Å²) in [6.45, 7) is 0.971. The van der Waals surface area contributed by atoms with Crippen molar-refractivity contribution >= 4 is 28.5 Å². The summed E-state index contributed by atoms with van der Waals surface area (Å²) in [7, 11) is 1.37. The van der Waals surface area contributed by atoms with E-state index in [1.165, 1.54) is 7.11 Å². The van der Waals surface area contributed by atoms with Crippen molar-refractivity contribution in [3.8, 4) is 0 Å². The lowest BCUT2D eigenvalue weighted by Crippen LogP contribution is -2.30. The number of esters is 1. The van der Waals surface area contributed by atoms with Crippen LogP contribution in [-0.4, -0.2) is 42.0 Å². The van der Waals surface area contributed by atoms with Gasteiger partial charge in [-0.05, 0) is 30.7 Å². The quantitative estimate of drug-likeness (QED) is 0.645. The molecule has 110 valence electrons. The number of amides is 1. The molecule has 1 fully saturated rings. The van der Waals surface area contributed by atoms with E-state index >= 15 is 0 Å². The van der Waals surface area contributed by atoms with Gasteiger partial charge in [0.2, 0.25) is 0 Å². The standard InChI is InChI=1S/C15H17N3O3/c1-21-15(20)9-4-5-18(8-9)14(19)13-7-10-6-11(16)2-3-12(10)17-13/h2-3,6-7,9,17H,4-5,8,16H2,1H3. The number of methoxy groups -OCH3 is 1. The second kappa shape index (κ2) is 5.12. The van der Waals surface area contributed by atoms with E-state index in [1.54, 1.807) is 17.0 Å². The molecule has 6 nitrogen and oxygen atoms in total. The Balaban J connectivity index is 1.79. The molecular formula is C15H17N3O3. The van der Waals surface area contributed by atoms with Crippen molar-refractivity contribution in [2.24, 2.45) is 5.92 Å². The summed E-state index contributed by atoms with van der Waals surface area (Å²) in [5.41, 5.74) is 7.78. The first-order valence-electron chi connectivity index (χ1n) is 6.84. The first kappa shape index (κ1) is 13.5. The first-order chi connectivity index (χ1) is 10.1. The molecule has 1 aromatic carbocycles. The summed E-state index contributed by atoms with van der Waals surface area (Å²) in [4.78, 5) is 28.8. The van der Waals surface area contributed by atoms with Crippen LogP contribution in [0.2, 0.25) is 0 Å². The summed E-state index contributed by atoms with van der Waals surface area (Å²) in [5.74, 6) is -0.579. The number of hydrogen-bond donors (Lipinski definition) is 2. The lowest BCUT2D eigenvalue weighted by atomic mass is 10.1. The van der Waals surface area contributed by atoms with Crippen LogP contribution in [0.15, 0.2) is 24.3 Å². The van der Waals surface area contributed by atoms with E-state index in [1.807, 2.05) is 12.1 Å². The lowest BCUT2D eigenvalue weighted by molar-refractivity contribution is -0.144. The number of H-pyrrole nitrogens is 1. The fourth-order valence-corrected chi connectivity index (χ4v) is 2.74. The average Bonchev–Trinajstić information content (AvgIpc) is 3.11. The maximum atomic E-state index is 12.5. The molecule has 6 heteroatoms. The van der Waals surface area contributed by atoms with Crippen LogP contribution in [0.4, 0.5) is 5.69 Å². The first-order valence-corrected chi connectivity index (χ1v) is 6.84. The van der Waals surface area contributed by atoms with Crippen LogP contribution < -0.4 is 5.73 Å². The highest BCUT2D eigenvalue weighted by Gasteiger charge is 2.32. The zero-order valence-electron chi connectivity index (χ0n) is 11.8. The van der Waals surface area contributed by atoms with Gasteiger partial charge in [-0.1, -0.05) is 0 Å². The van der Waals surface area contributed by atoms with Gasteiger partial charge in [0, 0.05) is 29.7 Å². The summed E-state index contributed by atoms with van der Waals surface area (Å²) < 4.78 is 4.73. The van der Waals surface area contributed by atoms with Crippen LogP contribution in [0, 0.1) is 5.92 Å². The fourth-order valence-electron chi connectivity index (χ4n) is 2.74. The molecular weight excluding hydrogens is 270 g/mol. The summed E-state index contributed by atoms with van der Waals surface area (Å²) >= 11 is 0. The Labute approximate surface area is 121 Å². The van der Waals surface area contributed by atoms with Crippen molar-refractivity contribution in [3.63, 3.8) is 0 Å². The average molecular weight is 287 g/mol. The van der Waals surface area contributed by atoms with Crippen LogP contribution in [0.3, 0.4) is 0 Å². The predicted molar refractivity (Wildman–Crippen MR) is 78.7 cm³/mol. The molecule has 0 aliphatic carbocycles. The number of hydrogen-bond acceptors (Lipinski definition) is 4. The van der Waals surface area contributed by atoms with Crippen molar-refractivity contribution in [1.29, 1.82) is 0 Å². The van der Waals surface area contributed by atoms with Gasteiger partial charge in [0.25, 0.3) is 5.91 Å². The molecule has 2 heterocycles. The number of likely N-dealkylation sites (tertiary alicyclic amines) is 1. The molecule has 2 aromatic rings. The molecule has 3 N–H and O–H groups in total. The van der Waals surface area contributed by atoms with Crippen LogP contribution in [0.1, 0.15) is 16.9 Å². The van der Waals surface area contributed by atoms with Crippen LogP contribution >= 0.6 is 0 Å². The Morgan fingerprint density at radius 2 is 2.19 bits per heavy atom. The second-order valence-corrected chi connectivity index (χ2v) is 5.29. The van der Waals surface area contributed by atoms with E-state index in [9.17, 15) is 9.59 Å². The summed E-state index contributed by atoms with van der Waals surface area (Å²) in [5, 5.41) is 0.905. The number of benzene rings is 1. The number of rotatable bonds is 2. The zero-order valence-corrected chi connectivity index (χ0v) is 11.8. The molecule has 1 aromatic heterocycles. The van der Waals surface area contributed by atoms with Crippen LogP contribution in [0.25, 0.3) is 10.9 Å². The Morgan fingerprint density at radius 3 is 2.95 bits per heavy atom. The highest BCUT2D eigenvalue weighted by molar-refractivity contribution is 5.99. The maximum Gasteiger partial charge on any atom is 0.310 e. The second-order valence-electron chi connectivity index (χ2n) is 5.29. The van der Waals surface area contributed by atoms with Gasteiger partial charge in [0.05, 0.1) is 13.0 Å². The molecule has 0 radical (unpaired) electrons. The number of aromatic nitrogens is 1. The number of anilines is 1. The molecule has 0 bridgehead atoms. The molecule has 1 saturated heterocycles. The molecule has 3 rings (SSSR count). The summed E-state index contributed by atoms with van der Waals surface area (Å²) in [6.07, 6.45) is 0.644. The minimum Gasteiger partial charge on any atom is -0.469 e. The fraction of sp³-hybridized carbons (Fsp3) is 0.333. The monoisotopic (exact) mass is 287 g/mol. The minimum atomic E-state index is -0.255. The smallest absolute Gasteiger partial charge is 0.310 e. The van der Waals surface area contributed by atoms with Crippen molar-refractivity contribution in [1.82, 2.24) is 9.88 Å². The van der Waals surface area contributed by atoms with E-state index in [-0.39, 0.29) is 17.8 Å². The number of nitrogens with two attached hydrogens (primary N) is 1. The van der Waals surface area contributed by atoms with E-state index in [0.717, 1.165) is 10.9 Å². The van der Waals surface area contributed by atoms with Gasteiger partial charge in [-0.2, -0.15) is 0 Å². The minimum absolute atomic E-state index is 0.101. The highest BCUT2D eigenvalue weighted by Crippen LogP contribution is 2.23. The number of nitrogens with one attached hydrogen (secondary N) is 1. The van der Waals surface area contributed by atoms with Crippen molar-refractivity contribution in [2.75, 3.05) is 25.9 Å². The number of nitrogens with zero attached hydrogens (tertiary/aromatic N) is 1. The van der Waals surface area contributed by atoms with Crippen molar-refractivity contribution in [3.05, 3.63) is 30.0 Å². The number of nitrogen functional groups attached to an aromatic ring is 1. The van der Waals surface area contributed by atoms with Crippen LogP contribution in [0.5, 0.6) is 0 Å². The number of carbonyl (C=O) groups excluding carboxylic acids is 2. The van der Waals surface area contributed by atoms with Crippen molar-refractivity contribution < 1.29 is 14.3 Å². The van der Waals surface area contributed by atoms with E-state index < -0.39 is 0 Å². The van der Waals surface area contributed by atoms with E-state index in [0.29, 0.717) is 30.9 Å². The van der Waals surface area contributed by atoms with Gasteiger partial charge in [0.1, 0.15) is 5.69 Å². The molecule has 1 amide bonds. The van der Waals surface area contributed by atoms with Gasteiger partial charge in [-0.3, -0.25) is 9.59 Å². The number of ether oxygens (including phenoxy) is 1. The molecule has 1 aliphatic heterocycles. The van der Waals surface area contributed by atoms with Gasteiger partial charge < -0.3 is 20.4 Å². The molecule has 1 atom stereocenters.